The third-order valence-electron chi connectivity index (χ3n) is 1.06. The fourth-order valence-electron chi connectivity index (χ4n) is 0.576. The van der Waals surface area contributed by atoms with E-state index in [1.54, 1.807) is 0 Å². The first-order valence-corrected chi connectivity index (χ1v) is 3.45. The van der Waals surface area contributed by atoms with Gasteiger partial charge in [0.15, 0.2) is 0 Å². The van der Waals surface area contributed by atoms with Crippen LogP contribution in [0.4, 0.5) is 0 Å². The molecule has 0 atom stereocenters. The number of hydrogen-bond donors (Lipinski definition) is 0. The Hall–Kier alpha value is -0.630. The first kappa shape index (κ1) is 2.78. The quantitative estimate of drug-likeness (QED) is 0.614. The number of hydrogen-bond acceptors (Lipinski definition) is 2. The Morgan fingerprint density at radius 2 is 2.20 bits per heavy atom. The third-order valence-corrected chi connectivity index (χ3v) is 1.57. The molecule has 0 aromatic heterocycles. The van der Waals surface area contributed by atoms with E-state index in [4.69, 9.17) is 8.22 Å². The molecule has 54 valence electrons. The van der Waals surface area contributed by atoms with E-state index in [1.807, 2.05) is 0 Å². The maximum Gasteiger partial charge on any atom is 0.118 e. The summed E-state index contributed by atoms with van der Waals surface area (Å²) in [4.78, 5) is 0.540. The maximum absolute atomic E-state index is 7.04. The summed E-state index contributed by atoms with van der Waals surface area (Å²) >= 11 is 0.731. The van der Waals surface area contributed by atoms with Crippen molar-refractivity contribution in [2.24, 2.45) is 0 Å². The molecule has 1 nitrogen and oxygen atoms in total. The number of rotatable bonds is 2. The highest BCUT2D eigenvalue weighted by atomic mass is 32.2. The molecule has 0 heterocycles. The van der Waals surface area contributed by atoms with E-state index >= 15 is 0 Å². The predicted octanol–water partition coefficient (Wildman–Crippen LogP) is 2.42. The lowest BCUT2D eigenvalue weighted by Crippen LogP contribution is -1.80. The zero-order valence-electron chi connectivity index (χ0n) is 11.1. The highest BCUT2D eigenvalue weighted by Gasteiger charge is 1.89. The molecule has 0 N–H and O–H groups in total. The van der Waals surface area contributed by atoms with Gasteiger partial charge >= 0.3 is 0 Å². The second-order valence-corrected chi connectivity index (χ2v) is 2.35. The molecule has 0 aliphatic carbocycles. The highest BCUT2D eigenvalue weighted by Crippen LogP contribution is 2.18. The molecule has 0 bridgehead atoms. The first-order chi connectivity index (χ1) is 7.16. The van der Waals surface area contributed by atoms with Crippen LogP contribution in [0.1, 0.15) is 8.22 Å². The minimum absolute atomic E-state index is 0.190. The SMILES string of the molecule is [2H]C([2H])([2H])Oc1ccc(SC([2H])([2H])[2H])cc1. The molecule has 0 fully saturated rings. The zero-order chi connectivity index (χ0) is 12.4. The van der Waals surface area contributed by atoms with Crippen LogP contribution in [0.3, 0.4) is 0 Å². The van der Waals surface area contributed by atoms with Crippen molar-refractivity contribution in [2.75, 3.05) is 13.2 Å². The second kappa shape index (κ2) is 3.52. The van der Waals surface area contributed by atoms with E-state index in [0.29, 0.717) is 4.90 Å². The van der Waals surface area contributed by atoms with Crippen LogP contribution in [-0.2, 0) is 0 Å². The van der Waals surface area contributed by atoms with Crippen molar-refractivity contribution in [3.8, 4) is 5.75 Å². The van der Waals surface area contributed by atoms with Gasteiger partial charge in [-0.1, -0.05) is 0 Å². The average molecular weight is 160 g/mol. The Labute approximate surface area is 73.8 Å². The van der Waals surface area contributed by atoms with Crippen molar-refractivity contribution in [1.29, 1.82) is 0 Å². The molecule has 0 aliphatic heterocycles. The molecule has 2 heteroatoms. The molecule has 1 aromatic carbocycles. The Kier molecular flexibility index (Phi) is 0.977. The van der Waals surface area contributed by atoms with E-state index in [0.717, 1.165) is 11.8 Å². The van der Waals surface area contributed by atoms with Crippen molar-refractivity contribution in [2.45, 2.75) is 4.90 Å². The molecular formula is C8H10OS. The van der Waals surface area contributed by atoms with Gasteiger partial charge in [0.25, 0.3) is 0 Å². The molecule has 1 aromatic rings. The van der Waals surface area contributed by atoms with Gasteiger partial charge in [0.05, 0.1) is 11.2 Å². The number of thioether (sulfide) groups is 1. The van der Waals surface area contributed by atoms with Crippen molar-refractivity contribution in [1.82, 2.24) is 0 Å². The summed E-state index contributed by atoms with van der Waals surface area (Å²) in [6, 6.07) is 5.89. The van der Waals surface area contributed by atoms with Crippen molar-refractivity contribution < 1.29 is 13.0 Å². The van der Waals surface area contributed by atoms with Crippen molar-refractivity contribution in [3.05, 3.63) is 24.3 Å². The maximum atomic E-state index is 7.04. The molecule has 0 saturated heterocycles. The summed E-state index contributed by atoms with van der Waals surface area (Å²) in [7, 11) is -2.49. The van der Waals surface area contributed by atoms with Gasteiger partial charge in [-0.25, -0.2) is 0 Å². The summed E-state index contributed by atoms with van der Waals surface area (Å²) in [5, 5.41) is 0. The van der Waals surface area contributed by atoms with Gasteiger partial charge in [-0.05, 0) is 30.4 Å². The van der Waals surface area contributed by atoms with E-state index in [9.17, 15) is 0 Å². The Morgan fingerprint density at radius 3 is 2.80 bits per heavy atom. The molecule has 0 radical (unpaired) electrons. The van der Waals surface area contributed by atoms with Crippen molar-refractivity contribution in [3.63, 3.8) is 0 Å². The van der Waals surface area contributed by atoms with Crippen LogP contribution in [0.15, 0.2) is 29.2 Å². The van der Waals surface area contributed by atoms with Crippen LogP contribution in [-0.4, -0.2) is 13.2 Å². The van der Waals surface area contributed by atoms with Gasteiger partial charge in [0.1, 0.15) is 5.75 Å². The Morgan fingerprint density at radius 1 is 1.40 bits per heavy atom. The summed E-state index contributed by atoms with van der Waals surface area (Å²) in [6.07, 6.45) is -2.10. The van der Waals surface area contributed by atoms with Crippen molar-refractivity contribution >= 4 is 11.8 Å². The van der Waals surface area contributed by atoms with E-state index in [-0.39, 0.29) is 5.75 Å². The predicted molar refractivity (Wildman–Crippen MR) is 44.8 cm³/mol. The first-order valence-electron chi connectivity index (χ1n) is 5.64. The molecule has 1 rings (SSSR count). The van der Waals surface area contributed by atoms with Gasteiger partial charge in [0, 0.05) is 9.01 Å². The summed E-state index contributed by atoms with van der Waals surface area (Å²) in [5.74, 6) is 0.190. The van der Waals surface area contributed by atoms with Crippen LogP contribution < -0.4 is 4.74 Å². The lowest BCUT2D eigenvalue weighted by Gasteiger charge is -1.98. The number of methoxy groups -OCH3 is 1. The third kappa shape index (κ3) is 1.67. The van der Waals surface area contributed by atoms with Crippen LogP contribution in [0.2, 0.25) is 0 Å². The van der Waals surface area contributed by atoms with Gasteiger partial charge in [0.2, 0.25) is 0 Å². The lowest BCUT2D eigenvalue weighted by atomic mass is 10.3. The minimum atomic E-state index is -2.49. The molecule has 0 spiro atoms. The zero-order valence-corrected chi connectivity index (χ0v) is 5.94. The number of ether oxygens (including phenoxy) is 1. The Balaban J connectivity index is 2.69. The van der Waals surface area contributed by atoms with Gasteiger partial charge in [-0.2, -0.15) is 0 Å². The van der Waals surface area contributed by atoms with Crippen LogP contribution >= 0.6 is 11.8 Å². The van der Waals surface area contributed by atoms with Gasteiger partial charge in [-0.15, -0.1) is 11.8 Å². The van der Waals surface area contributed by atoms with Gasteiger partial charge < -0.3 is 4.74 Å². The summed E-state index contributed by atoms with van der Waals surface area (Å²) in [6.45, 7) is 0. The molecule has 0 saturated carbocycles. The highest BCUT2D eigenvalue weighted by molar-refractivity contribution is 7.98. The lowest BCUT2D eigenvalue weighted by molar-refractivity contribution is 0.414. The second-order valence-electron chi connectivity index (χ2n) is 1.68. The summed E-state index contributed by atoms with van der Waals surface area (Å²) < 4.78 is 46.4. The van der Waals surface area contributed by atoms with Crippen LogP contribution in [0.5, 0.6) is 5.75 Å². The average Bonchev–Trinajstić information content (AvgIpc) is 2.03. The number of benzene rings is 1. The monoisotopic (exact) mass is 160 g/mol. The van der Waals surface area contributed by atoms with Crippen LogP contribution in [0.25, 0.3) is 0 Å². The minimum Gasteiger partial charge on any atom is -0.497 e. The Bertz CT molecular complexity index is 306. The molecule has 0 aliphatic rings. The topological polar surface area (TPSA) is 9.23 Å². The normalized spacial score (nSPS) is 20.8. The van der Waals surface area contributed by atoms with Gasteiger partial charge in [-0.3, -0.25) is 0 Å². The van der Waals surface area contributed by atoms with E-state index < -0.39 is 13.2 Å². The molecule has 0 unspecified atom stereocenters. The van der Waals surface area contributed by atoms with Crippen LogP contribution in [0, 0.1) is 0 Å². The largest absolute Gasteiger partial charge is 0.497 e. The van der Waals surface area contributed by atoms with E-state index in [1.165, 1.54) is 24.3 Å². The summed E-state index contributed by atoms with van der Waals surface area (Å²) in [5.41, 5.74) is 0. The molecule has 0 amide bonds. The standard InChI is InChI=1S/C8H10OS/c1-9-7-3-5-8(10-2)6-4-7/h3-6H,1-2H3/i1D3,2D3. The fourth-order valence-corrected chi connectivity index (χ4v) is 0.848. The molecular weight excluding hydrogens is 144 g/mol. The smallest absolute Gasteiger partial charge is 0.118 e. The fraction of sp³-hybridized carbons (Fsp3) is 0.250. The van der Waals surface area contributed by atoms with E-state index in [2.05, 4.69) is 4.74 Å². The molecule has 10 heavy (non-hydrogen) atoms.